The van der Waals surface area contributed by atoms with Crippen LogP contribution in [0, 0.1) is 5.92 Å². The summed E-state index contributed by atoms with van der Waals surface area (Å²) in [4.78, 5) is 4.18. The highest BCUT2D eigenvalue weighted by atomic mass is 79.9. The number of rotatable bonds is 5. The van der Waals surface area contributed by atoms with Gasteiger partial charge in [-0.15, -0.1) is 0 Å². The zero-order valence-electron chi connectivity index (χ0n) is 9.99. The van der Waals surface area contributed by atoms with Crippen molar-refractivity contribution in [2.75, 3.05) is 19.7 Å². The van der Waals surface area contributed by atoms with Gasteiger partial charge in [-0.25, -0.2) is 4.98 Å². The molecule has 0 aromatic carbocycles. The second kappa shape index (κ2) is 7.09. The minimum Gasteiger partial charge on any atom is -0.377 e. The molecule has 2 heterocycles. The van der Waals surface area contributed by atoms with Crippen molar-refractivity contribution in [3.63, 3.8) is 0 Å². The van der Waals surface area contributed by atoms with Crippen LogP contribution in [0.15, 0.2) is 22.9 Å². The summed E-state index contributed by atoms with van der Waals surface area (Å²) in [5.41, 5.74) is 1.14. The van der Waals surface area contributed by atoms with Gasteiger partial charge in [-0.05, 0) is 65.8 Å². The van der Waals surface area contributed by atoms with Gasteiger partial charge in [-0.1, -0.05) is 6.07 Å². The lowest BCUT2D eigenvalue weighted by atomic mass is 9.95. The van der Waals surface area contributed by atoms with E-state index in [1.807, 2.05) is 18.3 Å². The maximum absolute atomic E-state index is 5.69. The number of piperidine rings is 1. The second-order valence-corrected chi connectivity index (χ2v) is 5.34. The van der Waals surface area contributed by atoms with E-state index in [-0.39, 0.29) is 0 Å². The van der Waals surface area contributed by atoms with E-state index in [1.165, 1.54) is 32.4 Å². The summed E-state index contributed by atoms with van der Waals surface area (Å²) in [6, 6.07) is 3.99. The van der Waals surface area contributed by atoms with E-state index in [0.717, 1.165) is 22.7 Å². The Kier molecular flexibility index (Phi) is 5.42. The average Bonchev–Trinajstić information content (AvgIpc) is 2.38. The molecule has 0 bridgehead atoms. The van der Waals surface area contributed by atoms with Gasteiger partial charge in [0.05, 0.1) is 6.61 Å². The molecular formula is C13H19BrN2O. The molecular weight excluding hydrogens is 280 g/mol. The largest absolute Gasteiger partial charge is 0.377 e. The first-order chi connectivity index (χ1) is 8.34. The summed E-state index contributed by atoms with van der Waals surface area (Å²) in [6.07, 6.45) is 5.63. The molecule has 17 heavy (non-hydrogen) atoms. The zero-order valence-corrected chi connectivity index (χ0v) is 11.6. The van der Waals surface area contributed by atoms with Gasteiger partial charge in [0.1, 0.15) is 4.60 Å². The predicted molar refractivity (Wildman–Crippen MR) is 71.8 cm³/mol. The number of pyridine rings is 1. The van der Waals surface area contributed by atoms with Crippen molar-refractivity contribution >= 4 is 15.9 Å². The second-order valence-electron chi connectivity index (χ2n) is 4.52. The molecule has 1 aromatic heterocycles. The van der Waals surface area contributed by atoms with Gasteiger partial charge in [-0.3, -0.25) is 0 Å². The van der Waals surface area contributed by atoms with Crippen molar-refractivity contribution < 1.29 is 4.74 Å². The summed E-state index contributed by atoms with van der Waals surface area (Å²) in [5.74, 6) is 0.847. The number of hydrogen-bond donors (Lipinski definition) is 1. The van der Waals surface area contributed by atoms with Gasteiger partial charge in [0, 0.05) is 12.8 Å². The Balaban J connectivity index is 1.60. The molecule has 4 heteroatoms. The molecule has 0 unspecified atom stereocenters. The van der Waals surface area contributed by atoms with Crippen molar-refractivity contribution in [3.8, 4) is 0 Å². The first-order valence-corrected chi connectivity index (χ1v) is 7.03. The predicted octanol–water partition coefficient (Wildman–Crippen LogP) is 2.75. The fraction of sp³-hybridized carbons (Fsp3) is 0.615. The van der Waals surface area contributed by atoms with Gasteiger partial charge < -0.3 is 10.1 Å². The van der Waals surface area contributed by atoms with Crippen LogP contribution in [-0.4, -0.2) is 24.7 Å². The van der Waals surface area contributed by atoms with Gasteiger partial charge in [-0.2, -0.15) is 0 Å². The van der Waals surface area contributed by atoms with Crippen LogP contribution in [0.25, 0.3) is 0 Å². The number of ether oxygens (including phenoxy) is 1. The van der Waals surface area contributed by atoms with Crippen molar-refractivity contribution in [3.05, 3.63) is 28.5 Å². The summed E-state index contributed by atoms with van der Waals surface area (Å²) in [5, 5.41) is 3.38. The van der Waals surface area contributed by atoms with Crippen LogP contribution in [0.1, 0.15) is 24.8 Å². The quantitative estimate of drug-likeness (QED) is 0.670. The molecule has 0 amide bonds. The maximum Gasteiger partial charge on any atom is 0.106 e. The van der Waals surface area contributed by atoms with Crippen LogP contribution < -0.4 is 5.32 Å². The SMILES string of the molecule is Brc1ccc(COCCC2CCNCC2)cn1. The average molecular weight is 299 g/mol. The van der Waals surface area contributed by atoms with Gasteiger partial charge in [0.25, 0.3) is 0 Å². The Bertz CT molecular complexity index is 323. The number of hydrogen-bond acceptors (Lipinski definition) is 3. The Labute approximate surface area is 111 Å². The molecule has 1 N–H and O–H groups in total. The third-order valence-corrected chi connectivity index (χ3v) is 3.66. The fourth-order valence-corrected chi connectivity index (χ4v) is 2.34. The fourth-order valence-electron chi connectivity index (χ4n) is 2.10. The highest BCUT2D eigenvalue weighted by Crippen LogP contribution is 2.16. The molecule has 0 aliphatic carbocycles. The van der Waals surface area contributed by atoms with Crippen molar-refractivity contribution in [2.24, 2.45) is 5.92 Å². The number of nitrogens with one attached hydrogen (secondary N) is 1. The number of halogens is 1. The summed E-state index contributed by atoms with van der Waals surface area (Å²) < 4.78 is 6.56. The van der Waals surface area contributed by atoms with E-state index in [9.17, 15) is 0 Å². The first kappa shape index (κ1) is 13.0. The van der Waals surface area contributed by atoms with Crippen molar-refractivity contribution in [1.82, 2.24) is 10.3 Å². The Hall–Kier alpha value is -0.450. The lowest BCUT2D eigenvalue weighted by Gasteiger charge is -2.22. The van der Waals surface area contributed by atoms with Crippen molar-refractivity contribution in [1.29, 1.82) is 0 Å². The summed E-state index contributed by atoms with van der Waals surface area (Å²) >= 11 is 3.32. The van der Waals surface area contributed by atoms with Gasteiger partial charge in [0.2, 0.25) is 0 Å². The molecule has 1 aliphatic heterocycles. The zero-order chi connectivity index (χ0) is 11.9. The highest BCUT2D eigenvalue weighted by Gasteiger charge is 2.12. The van der Waals surface area contributed by atoms with E-state index in [2.05, 4.69) is 26.2 Å². The molecule has 0 radical (unpaired) electrons. The minimum atomic E-state index is 0.672. The van der Waals surface area contributed by atoms with E-state index < -0.39 is 0 Å². The lowest BCUT2D eigenvalue weighted by molar-refractivity contribution is 0.102. The first-order valence-electron chi connectivity index (χ1n) is 6.23. The Morgan fingerprint density at radius 3 is 2.88 bits per heavy atom. The number of nitrogens with zero attached hydrogens (tertiary/aromatic N) is 1. The van der Waals surface area contributed by atoms with Crippen LogP contribution in [0.2, 0.25) is 0 Å². The van der Waals surface area contributed by atoms with Crippen LogP contribution in [0.5, 0.6) is 0 Å². The molecule has 1 fully saturated rings. The molecule has 1 aliphatic rings. The Morgan fingerprint density at radius 1 is 1.35 bits per heavy atom. The molecule has 0 atom stereocenters. The van der Waals surface area contributed by atoms with Crippen LogP contribution in [0.4, 0.5) is 0 Å². The normalized spacial score (nSPS) is 17.2. The third kappa shape index (κ3) is 4.74. The number of aromatic nitrogens is 1. The third-order valence-electron chi connectivity index (χ3n) is 3.19. The lowest BCUT2D eigenvalue weighted by Crippen LogP contribution is -2.28. The molecule has 0 spiro atoms. The van der Waals surface area contributed by atoms with Gasteiger partial charge in [0.15, 0.2) is 0 Å². The van der Waals surface area contributed by atoms with E-state index in [4.69, 9.17) is 4.74 Å². The topological polar surface area (TPSA) is 34.1 Å². The summed E-state index contributed by atoms with van der Waals surface area (Å²) in [6.45, 7) is 3.87. The van der Waals surface area contributed by atoms with Crippen molar-refractivity contribution in [2.45, 2.75) is 25.9 Å². The summed E-state index contributed by atoms with van der Waals surface area (Å²) in [7, 11) is 0. The smallest absolute Gasteiger partial charge is 0.106 e. The molecule has 0 saturated carbocycles. The van der Waals surface area contributed by atoms with Crippen LogP contribution in [0.3, 0.4) is 0 Å². The monoisotopic (exact) mass is 298 g/mol. The minimum absolute atomic E-state index is 0.672. The van der Waals surface area contributed by atoms with E-state index in [1.54, 1.807) is 0 Å². The van der Waals surface area contributed by atoms with Crippen LogP contribution in [-0.2, 0) is 11.3 Å². The van der Waals surface area contributed by atoms with E-state index >= 15 is 0 Å². The molecule has 94 valence electrons. The van der Waals surface area contributed by atoms with Gasteiger partial charge >= 0.3 is 0 Å². The maximum atomic E-state index is 5.69. The molecule has 3 nitrogen and oxygen atoms in total. The standard InChI is InChI=1S/C13H19BrN2O/c14-13-2-1-12(9-16-13)10-17-8-5-11-3-6-15-7-4-11/h1-2,9,11,15H,3-8,10H2. The molecule has 2 rings (SSSR count). The molecule has 1 aromatic rings. The highest BCUT2D eigenvalue weighted by molar-refractivity contribution is 9.10. The van der Waals surface area contributed by atoms with E-state index in [0.29, 0.717) is 6.61 Å². The Morgan fingerprint density at radius 2 is 2.18 bits per heavy atom. The van der Waals surface area contributed by atoms with Crippen LogP contribution >= 0.6 is 15.9 Å². The molecule has 1 saturated heterocycles.